The van der Waals surface area contributed by atoms with Gasteiger partial charge in [-0.25, -0.2) is 0 Å². The van der Waals surface area contributed by atoms with Crippen LogP contribution in [0.4, 0.5) is 0 Å². The van der Waals surface area contributed by atoms with Crippen molar-refractivity contribution >= 4 is 20.4 Å². The normalized spacial score (nSPS) is 11.9. The van der Waals surface area contributed by atoms with Crippen LogP contribution in [0.5, 0.6) is 0 Å². The van der Waals surface area contributed by atoms with E-state index in [0.29, 0.717) is 19.5 Å². The second kappa shape index (κ2) is 11.8. The number of hydrogen-bond donors (Lipinski definition) is 0. The molecule has 0 heterocycles. The van der Waals surface area contributed by atoms with E-state index in [1.54, 1.807) is 0 Å². The molecule has 1 atom stereocenters. The average molecular weight is 262 g/mol. The molecular formula is C12H23O4P. The largest absolute Gasteiger partial charge is 0.469 e. The smallest absolute Gasteiger partial charge is 0.305 e. The van der Waals surface area contributed by atoms with Crippen LogP contribution in [0.3, 0.4) is 0 Å². The Bertz CT molecular complexity index is 209. The number of carbonyl (C=O) groups is 2. The molecule has 1 unspecified atom stereocenters. The van der Waals surface area contributed by atoms with Gasteiger partial charge in [-0.2, -0.15) is 0 Å². The zero-order valence-corrected chi connectivity index (χ0v) is 11.7. The predicted molar refractivity (Wildman–Crippen MR) is 69.7 cm³/mol. The van der Waals surface area contributed by atoms with Gasteiger partial charge in [0.1, 0.15) is 0 Å². The summed E-state index contributed by atoms with van der Waals surface area (Å²) in [5, 5.41) is 0. The standard InChI is InChI=1S/C12H23O4P/c1-3-8-17(10-5-7-16-11-13)9-4-6-12(14)15-2/h11H,3-10H2,1-2H3. The van der Waals surface area contributed by atoms with Gasteiger partial charge in [-0.1, -0.05) is 13.3 Å². The first-order chi connectivity index (χ1) is 8.24. The lowest BCUT2D eigenvalue weighted by atomic mass is 10.3. The van der Waals surface area contributed by atoms with Crippen molar-refractivity contribution in [2.75, 3.05) is 32.2 Å². The third-order valence-corrected chi connectivity index (χ3v) is 5.40. The summed E-state index contributed by atoms with van der Waals surface area (Å²) in [4.78, 5) is 21.0. The zero-order chi connectivity index (χ0) is 12.9. The van der Waals surface area contributed by atoms with Gasteiger partial charge in [0.05, 0.1) is 13.7 Å². The van der Waals surface area contributed by atoms with E-state index in [4.69, 9.17) is 0 Å². The summed E-state index contributed by atoms with van der Waals surface area (Å²) < 4.78 is 9.29. The number of rotatable bonds is 11. The van der Waals surface area contributed by atoms with E-state index in [0.717, 1.165) is 25.2 Å². The summed E-state index contributed by atoms with van der Waals surface area (Å²) in [7, 11) is 1.41. The Morgan fingerprint density at radius 1 is 1.24 bits per heavy atom. The Balaban J connectivity index is 3.65. The molecule has 0 N–H and O–H groups in total. The second-order valence-corrected chi connectivity index (χ2v) is 6.53. The van der Waals surface area contributed by atoms with Crippen molar-refractivity contribution in [3.63, 3.8) is 0 Å². The first kappa shape index (κ1) is 16.4. The molecule has 0 amide bonds. The van der Waals surface area contributed by atoms with E-state index >= 15 is 0 Å². The van der Waals surface area contributed by atoms with Gasteiger partial charge in [-0.15, -0.1) is 7.92 Å². The molecule has 0 aromatic carbocycles. The van der Waals surface area contributed by atoms with Crippen LogP contribution >= 0.6 is 7.92 Å². The highest BCUT2D eigenvalue weighted by atomic mass is 31.1. The van der Waals surface area contributed by atoms with E-state index in [1.165, 1.54) is 19.7 Å². The van der Waals surface area contributed by atoms with Crippen LogP contribution in [-0.2, 0) is 19.1 Å². The molecule has 4 nitrogen and oxygen atoms in total. The van der Waals surface area contributed by atoms with Gasteiger partial charge in [-0.3, -0.25) is 9.59 Å². The minimum atomic E-state index is -0.124. The van der Waals surface area contributed by atoms with Crippen molar-refractivity contribution in [1.29, 1.82) is 0 Å². The van der Waals surface area contributed by atoms with Crippen LogP contribution in [0, 0.1) is 0 Å². The third-order valence-electron chi connectivity index (χ3n) is 2.43. The van der Waals surface area contributed by atoms with Crippen molar-refractivity contribution in [2.24, 2.45) is 0 Å². The second-order valence-electron chi connectivity index (χ2n) is 3.84. The summed E-state index contributed by atoms with van der Waals surface area (Å²) in [6, 6.07) is 0. The lowest BCUT2D eigenvalue weighted by Crippen LogP contribution is -2.03. The van der Waals surface area contributed by atoms with Crippen molar-refractivity contribution in [3.8, 4) is 0 Å². The van der Waals surface area contributed by atoms with Gasteiger partial charge in [0.15, 0.2) is 0 Å². The maximum Gasteiger partial charge on any atom is 0.305 e. The molecule has 17 heavy (non-hydrogen) atoms. The third kappa shape index (κ3) is 10.3. The van der Waals surface area contributed by atoms with E-state index in [2.05, 4.69) is 16.4 Å². The van der Waals surface area contributed by atoms with E-state index < -0.39 is 0 Å². The van der Waals surface area contributed by atoms with Crippen molar-refractivity contribution < 1.29 is 19.1 Å². The van der Waals surface area contributed by atoms with E-state index in [-0.39, 0.29) is 13.9 Å². The van der Waals surface area contributed by atoms with Crippen molar-refractivity contribution in [3.05, 3.63) is 0 Å². The zero-order valence-electron chi connectivity index (χ0n) is 10.8. The molecule has 0 saturated carbocycles. The monoisotopic (exact) mass is 262 g/mol. The lowest BCUT2D eigenvalue weighted by molar-refractivity contribution is -0.140. The van der Waals surface area contributed by atoms with Crippen LogP contribution in [-0.4, -0.2) is 44.6 Å². The highest BCUT2D eigenvalue weighted by Gasteiger charge is 2.08. The number of ether oxygens (including phenoxy) is 2. The molecule has 0 aliphatic rings. The fraction of sp³-hybridized carbons (Fsp3) is 0.833. The van der Waals surface area contributed by atoms with Crippen LogP contribution < -0.4 is 0 Å². The van der Waals surface area contributed by atoms with Crippen LogP contribution in [0.25, 0.3) is 0 Å². The summed E-state index contributed by atoms with van der Waals surface area (Å²) >= 11 is 0. The fourth-order valence-corrected chi connectivity index (χ4v) is 4.11. The van der Waals surface area contributed by atoms with Gasteiger partial charge in [-0.05, 0) is 31.3 Å². The molecule has 0 aliphatic heterocycles. The Kier molecular flexibility index (Phi) is 11.4. The van der Waals surface area contributed by atoms with Gasteiger partial charge in [0, 0.05) is 6.42 Å². The minimum absolute atomic E-state index is 0.0167. The van der Waals surface area contributed by atoms with Crippen LogP contribution in [0.2, 0.25) is 0 Å². The van der Waals surface area contributed by atoms with Crippen molar-refractivity contribution in [1.82, 2.24) is 0 Å². The maximum atomic E-state index is 11.0. The Morgan fingerprint density at radius 3 is 2.53 bits per heavy atom. The quantitative estimate of drug-likeness (QED) is 0.248. The van der Waals surface area contributed by atoms with Gasteiger partial charge < -0.3 is 9.47 Å². The SMILES string of the molecule is CCCP(CCCOC=O)CCCC(=O)OC. The molecule has 0 rings (SSSR count). The summed E-state index contributed by atoms with van der Waals surface area (Å²) in [5.41, 5.74) is 0. The molecule has 5 heteroatoms. The molecule has 0 aromatic rings. The molecule has 0 saturated heterocycles. The highest BCUT2D eigenvalue weighted by molar-refractivity contribution is 7.57. The van der Waals surface area contributed by atoms with Gasteiger partial charge in [0.25, 0.3) is 6.47 Å². The number of methoxy groups -OCH3 is 1. The van der Waals surface area contributed by atoms with E-state index in [1.807, 2.05) is 0 Å². The number of hydrogen-bond acceptors (Lipinski definition) is 4. The minimum Gasteiger partial charge on any atom is -0.469 e. The lowest BCUT2D eigenvalue weighted by Gasteiger charge is -2.16. The molecular weight excluding hydrogens is 239 g/mol. The van der Waals surface area contributed by atoms with Crippen LogP contribution in [0.1, 0.15) is 32.6 Å². The Morgan fingerprint density at radius 2 is 1.94 bits per heavy atom. The van der Waals surface area contributed by atoms with Crippen LogP contribution in [0.15, 0.2) is 0 Å². The molecule has 0 bridgehead atoms. The average Bonchev–Trinajstić information content (AvgIpc) is 2.34. The predicted octanol–water partition coefficient (Wildman–Crippen LogP) is 2.39. The topological polar surface area (TPSA) is 52.6 Å². The van der Waals surface area contributed by atoms with Crippen molar-refractivity contribution in [2.45, 2.75) is 32.6 Å². The maximum absolute atomic E-state index is 11.0. The molecule has 0 aromatic heterocycles. The first-order valence-electron chi connectivity index (χ1n) is 6.09. The summed E-state index contributed by atoms with van der Waals surface area (Å²) in [6.45, 7) is 3.19. The number of carbonyl (C=O) groups excluding carboxylic acids is 2. The fourth-order valence-electron chi connectivity index (χ4n) is 1.62. The highest BCUT2D eigenvalue weighted by Crippen LogP contribution is 2.37. The number of esters is 1. The molecule has 100 valence electrons. The molecule has 0 aliphatic carbocycles. The van der Waals surface area contributed by atoms with E-state index in [9.17, 15) is 9.59 Å². The summed E-state index contributed by atoms with van der Waals surface area (Å²) in [6.07, 6.45) is 7.01. The Labute approximate surface area is 105 Å². The first-order valence-corrected chi connectivity index (χ1v) is 7.98. The summed E-state index contributed by atoms with van der Waals surface area (Å²) in [5.74, 6) is -0.124. The molecule has 0 radical (unpaired) electrons. The Hall–Kier alpha value is -0.630. The molecule has 0 fully saturated rings. The molecule has 0 spiro atoms. The van der Waals surface area contributed by atoms with Gasteiger partial charge >= 0.3 is 5.97 Å². The van der Waals surface area contributed by atoms with Gasteiger partial charge in [0.2, 0.25) is 0 Å².